The lowest BCUT2D eigenvalue weighted by Gasteiger charge is -2.33. The van der Waals surface area contributed by atoms with E-state index in [0.29, 0.717) is 24.4 Å². The van der Waals surface area contributed by atoms with Gasteiger partial charge < -0.3 is 4.90 Å². The van der Waals surface area contributed by atoms with Crippen molar-refractivity contribution in [3.63, 3.8) is 0 Å². The fourth-order valence-corrected chi connectivity index (χ4v) is 4.51. The van der Waals surface area contributed by atoms with Crippen LogP contribution in [0.5, 0.6) is 0 Å². The average molecular weight is 343 g/mol. The zero-order valence-corrected chi connectivity index (χ0v) is 14.4. The summed E-state index contributed by atoms with van der Waals surface area (Å²) in [5.74, 6) is 0. The molecular weight excluding hydrogens is 322 g/mol. The van der Waals surface area contributed by atoms with Crippen molar-refractivity contribution in [3.8, 4) is 6.07 Å². The summed E-state index contributed by atoms with van der Waals surface area (Å²) in [4.78, 5) is 2.59. The van der Waals surface area contributed by atoms with Gasteiger partial charge in [-0.05, 0) is 35.9 Å². The third-order valence-corrected chi connectivity index (χ3v) is 6.35. The summed E-state index contributed by atoms with van der Waals surface area (Å²) in [6.07, 6.45) is 1.39. The van der Waals surface area contributed by atoms with Crippen molar-refractivity contribution in [2.24, 2.45) is 0 Å². The minimum absolute atomic E-state index is 0.360. The van der Waals surface area contributed by atoms with Crippen molar-refractivity contribution >= 4 is 20.8 Å². The first-order valence-electron chi connectivity index (χ1n) is 8.19. The Morgan fingerprint density at radius 1 is 1.00 bits per heavy atom. The van der Waals surface area contributed by atoms with Crippen LogP contribution in [0.2, 0.25) is 0 Å². The van der Waals surface area contributed by atoms with Crippen LogP contribution in [0.3, 0.4) is 0 Å². The first-order valence-corrected chi connectivity index (χ1v) is 9.63. The van der Waals surface area contributed by atoms with Crippen LogP contribution < -0.4 is 0 Å². The molecule has 0 aliphatic carbocycles. The number of nitrogens with zero attached hydrogens (tertiary/aromatic N) is 3. The average Bonchev–Trinajstić information content (AvgIpc) is 2.62. The van der Waals surface area contributed by atoms with Gasteiger partial charge in [-0.2, -0.15) is 9.57 Å². The normalized spacial score (nSPS) is 17.0. The number of fused-ring (bicyclic) bond motifs is 1. The van der Waals surface area contributed by atoms with E-state index in [2.05, 4.69) is 11.0 Å². The molecule has 0 saturated carbocycles. The molecule has 126 valence electrons. The maximum absolute atomic E-state index is 12.9. The lowest BCUT2D eigenvalue weighted by Crippen LogP contribution is -2.48. The number of nitriles is 1. The van der Waals surface area contributed by atoms with Gasteiger partial charge in [0.15, 0.2) is 0 Å². The molecule has 0 aromatic heterocycles. The maximum Gasteiger partial charge on any atom is 0.243 e. The van der Waals surface area contributed by atoms with E-state index < -0.39 is 10.0 Å². The molecule has 1 saturated heterocycles. The monoisotopic (exact) mass is 343 g/mol. The zero-order chi connectivity index (χ0) is 17.0. The Morgan fingerprint density at radius 2 is 1.71 bits per heavy atom. The highest BCUT2D eigenvalue weighted by Crippen LogP contribution is 2.22. The first-order chi connectivity index (χ1) is 11.6. The molecule has 0 amide bonds. The van der Waals surface area contributed by atoms with Crippen molar-refractivity contribution in [1.82, 2.24) is 9.21 Å². The summed E-state index contributed by atoms with van der Waals surface area (Å²) in [5, 5.41) is 10.6. The Kier molecular flexibility index (Phi) is 5.14. The van der Waals surface area contributed by atoms with Gasteiger partial charge in [-0.25, -0.2) is 8.42 Å². The van der Waals surface area contributed by atoms with E-state index in [0.717, 1.165) is 36.8 Å². The van der Waals surface area contributed by atoms with Gasteiger partial charge in [0.2, 0.25) is 10.0 Å². The number of hydrogen-bond acceptors (Lipinski definition) is 4. The van der Waals surface area contributed by atoms with Crippen LogP contribution in [0.25, 0.3) is 10.8 Å². The van der Waals surface area contributed by atoms with Crippen LogP contribution in [0.1, 0.15) is 12.8 Å². The molecule has 1 fully saturated rings. The second kappa shape index (κ2) is 7.31. The van der Waals surface area contributed by atoms with Gasteiger partial charge in [0.25, 0.3) is 0 Å². The highest BCUT2D eigenvalue weighted by Gasteiger charge is 2.28. The van der Waals surface area contributed by atoms with Crippen LogP contribution in [-0.4, -0.2) is 50.3 Å². The van der Waals surface area contributed by atoms with Crippen LogP contribution in [-0.2, 0) is 10.0 Å². The molecule has 0 N–H and O–H groups in total. The third-order valence-electron chi connectivity index (χ3n) is 4.45. The smallest absolute Gasteiger partial charge is 0.243 e. The molecule has 0 spiro atoms. The van der Waals surface area contributed by atoms with Crippen molar-refractivity contribution in [1.29, 1.82) is 5.26 Å². The minimum Gasteiger partial charge on any atom is -0.301 e. The van der Waals surface area contributed by atoms with Crippen LogP contribution in [0, 0.1) is 11.3 Å². The summed E-state index contributed by atoms with van der Waals surface area (Å²) < 4.78 is 27.3. The number of benzene rings is 2. The van der Waals surface area contributed by atoms with Gasteiger partial charge in [-0.1, -0.05) is 30.3 Å². The Bertz CT molecular complexity index is 850. The number of unbranched alkanes of at least 4 members (excludes halogenated alkanes) is 1. The Balaban J connectivity index is 1.70. The molecule has 5 nitrogen and oxygen atoms in total. The van der Waals surface area contributed by atoms with Crippen molar-refractivity contribution in [3.05, 3.63) is 42.5 Å². The lowest BCUT2D eigenvalue weighted by atomic mass is 10.1. The van der Waals surface area contributed by atoms with E-state index in [1.165, 1.54) is 0 Å². The SMILES string of the molecule is N#CCCCN1CCN(S(=O)(=O)c2ccc3ccccc3c2)CC1. The molecular formula is C18H21N3O2S. The fourth-order valence-electron chi connectivity index (χ4n) is 3.05. The largest absolute Gasteiger partial charge is 0.301 e. The zero-order valence-electron chi connectivity index (χ0n) is 13.6. The van der Waals surface area contributed by atoms with Crippen LogP contribution >= 0.6 is 0 Å². The van der Waals surface area contributed by atoms with Gasteiger partial charge in [-0.15, -0.1) is 0 Å². The van der Waals surface area contributed by atoms with Crippen molar-refractivity contribution < 1.29 is 8.42 Å². The number of rotatable bonds is 5. The minimum atomic E-state index is -3.45. The topological polar surface area (TPSA) is 64.4 Å². The molecule has 2 aromatic carbocycles. The van der Waals surface area contributed by atoms with E-state index in [1.807, 2.05) is 30.3 Å². The third kappa shape index (κ3) is 3.59. The van der Waals surface area contributed by atoms with Crippen LogP contribution in [0.15, 0.2) is 47.4 Å². The highest BCUT2D eigenvalue weighted by atomic mass is 32.2. The molecule has 0 unspecified atom stereocenters. The molecule has 0 atom stereocenters. The van der Waals surface area contributed by atoms with E-state index in [4.69, 9.17) is 5.26 Å². The number of piperazine rings is 1. The molecule has 0 radical (unpaired) electrons. The highest BCUT2D eigenvalue weighted by molar-refractivity contribution is 7.89. The Hall–Kier alpha value is -1.94. The van der Waals surface area contributed by atoms with Crippen LogP contribution in [0.4, 0.5) is 0 Å². The van der Waals surface area contributed by atoms with Crippen molar-refractivity contribution in [2.45, 2.75) is 17.7 Å². The standard InChI is InChI=1S/C18H21N3O2S/c19-9-3-4-10-20-11-13-21(14-12-20)24(22,23)18-8-7-16-5-1-2-6-17(16)15-18/h1-2,5-8,15H,3-4,10-14H2. The molecule has 1 heterocycles. The number of sulfonamides is 1. The first kappa shape index (κ1) is 16.9. The summed E-state index contributed by atoms with van der Waals surface area (Å²) in [6, 6.07) is 15.2. The maximum atomic E-state index is 12.9. The number of hydrogen-bond donors (Lipinski definition) is 0. The van der Waals surface area contributed by atoms with E-state index in [1.54, 1.807) is 16.4 Å². The second-order valence-electron chi connectivity index (χ2n) is 6.02. The molecule has 1 aliphatic heterocycles. The molecule has 6 heteroatoms. The molecule has 0 bridgehead atoms. The Labute approximate surface area is 143 Å². The van der Waals surface area contributed by atoms with E-state index >= 15 is 0 Å². The summed E-state index contributed by atoms with van der Waals surface area (Å²) in [7, 11) is -3.45. The van der Waals surface area contributed by atoms with Gasteiger partial charge in [0.05, 0.1) is 11.0 Å². The molecule has 3 rings (SSSR count). The molecule has 24 heavy (non-hydrogen) atoms. The van der Waals surface area contributed by atoms with Gasteiger partial charge in [-0.3, -0.25) is 0 Å². The van der Waals surface area contributed by atoms with E-state index in [-0.39, 0.29) is 0 Å². The predicted molar refractivity (Wildman–Crippen MR) is 94.0 cm³/mol. The lowest BCUT2D eigenvalue weighted by molar-refractivity contribution is 0.187. The summed E-state index contributed by atoms with van der Waals surface area (Å²) in [5.41, 5.74) is 0. The van der Waals surface area contributed by atoms with Gasteiger partial charge in [0.1, 0.15) is 0 Å². The second-order valence-corrected chi connectivity index (χ2v) is 7.95. The predicted octanol–water partition coefficient (Wildman–Crippen LogP) is 2.45. The molecule has 2 aromatic rings. The fraction of sp³-hybridized carbons (Fsp3) is 0.389. The van der Waals surface area contributed by atoms with Gasteiger partial charge >= 0.3 is 0 Å². The summed E-state index contributed by atoms with van der Waals surface area (Å²) in [6.45, 7) is 3.30. The van der Waals surface area contributed by atoms with Gasteiger partial charge in [0, 0.05) is 32.6 Å². The molecule has 1 aliphatic rings. The van der Waals surface area contributed by atoms with Crippen molar-refractivity contribution in [2.75, 3.05) is 32.7 Å². The quantitative estimate of drug-likeness (QED) is 0.782. The Morgan fingerprint density at radius 3 is 2.42 bits per heavy atom. The summed E-state index contributed by atoms with van der Waals surface area (Å²) >= 11 is 0. The van der Waals surface area contributed by atoms with E-state index in [9.17, 15) is 8.42 Å².